The number of piperidine rings is 2. The summed E-state index contributed by atoms with van der Waals surface area (Å²) in [5, 5.41) is 11.5. The lowest BCUT2D eigenvalue weighted by atomic mass is 10.0. The first-order valence-electron chi connectivity index (χ1n) is 20.6. The summed E-state index contributed by atoms with van der Waals surface area (Å²) in [6.07, 6.45) is 4.42. The Kier molecular flexibility index (Phi) is 10.4. The maximum absolute atomic E-state index is 13.9. The normalized spacial score (nSPS) is 22.9. The van der Waals surface area contributed by atoms with Crippen LogP contribution >= 0.6 is 0 Å². The van der Waals surface area contributed by atoms with Gasteiger partial charge in [0.15, 0.2) is 5.76 Å². The molecular weight excluding hydrogens is 775 g/mol. The van der Waals surface area contributed by atoms with Gasteiger partial charge in [-0.15, -0.1) is 0 Å². The molecule has 14 nitrogen and oxygen atoms in total. The first-order valence-corrected chi connectivity index (χ1v) is 20.6. The van der Waals surface area contributed by atoms with Gasteiger partial charge >= 0.3 is 0 Å². The number of carbonyl (C=O) groups excluding carboxylic acids is 6. The van der Waals surface area contributed by atoms with Gasteiger partial charge in [0.1, 0.15) is 24.2 Å². The van der Waals surface area contributed by atoms with Gasteiger partial charge in [0.25, 0.3) is 11.8 Å². The Bertz CT molecular complexity index is 2320. The lowest BCUT2D eigenvalue weighted by Gasteiger charge is -2.31. The number of nitrogens with zero attached hydrogens (tertiary/aromatic N) is 3. The highest BCUT2D eigenvalue weighted by Gasteiger charge is 2.58. The molecule has 0 spiro atoms. The molecule has 0 bridgehead atoms. The van der Waals surface area contributed by atoms with Crippen LogP contribution < -0.4 is 21.3 Å². The van der Waals surface area contributed by atoms with Crippen molar-refractivity contribution in [1.82, 2.24) is 25.4 Å². The van der Waals surface area contributed by atoms with Crippen LogP contribution in [0.5, 0.6) is 0 Å². The molecule has 2 saturated heterocycles. The topological polar surface area (TPSA) is 183 Å². The van der Waals surface area contributed by atoms with Crippen molar-refractivity contribution < 1.29 is 33.2 Å². The number of rotatable bonds is 12. The predicted octanol–water partition coefficient (Wildman–Crippen LogP) is 5.62. The van der Waals surface area contributed by atoms with Crippen molar-refractivity contribution in [2.45, 2.75) is 75.8 Å². The number of hydrogen-bond donors (Lipinski definition) is 4. The van der Waals surface area contributed by atoms with E-state index in [4.69, 9.17) is 4.42 Å². The second kappa shape index (κ2) is 16.2. The van der Waals surface area contributed by atoms with Crippen molar-refractivity contribution in [3.8, 4) is 22.8 Å². The Morgan fingerprint density at radius 2 is 1.00 bits per heavy atom. The highest BCUT2D eigenvalue weighted by Crippen LogP contribution is 2.50. The lowest BCUT2D eigenvalue weighted by molar-refractivity contribution is -0.141. The average molecular weight is 820 g/mol. The Morgan fingerprint density at radius 3 is 1.43 bits per heavy atom. The zero-order chi connectivity index (χ0) is 42.4. The summed E-state index contributed by atoms with van der Waals surface area (Å²) in [6, 6.07) is 29.2. The number of aromatic nitrogens is 1. The lowest BCUT2D eigenvalue weighted by Crippen LogP contribution is -2.50. The van der Waals surface area contributed by atoms with E-state index in [1.807, 2.05) is 48.5 Å². The minimum Gasteiger partial charge on any atom is -0.436 e. The summed E-state index contributed by atoms with van der Waals surface area (Å²) in [4.78, 5) is 87.0. The van der Waals surface area contributed by atoms with Crippen molar-refractivity contribution in [3.05, 3.63) is 127 Å². The van der Waals surface area contributed by atoms with Gasteiger partial charge in [-0.2, -0.15) is 0 Å². The molecule has 2 aliphatic heterocycles. The van der Waals surface area contributed by atoms with Gasteiger partial charge in [0, 0.05) is 48.4 Å². The highest BCUT2D eigenvalue weighted by atomic mass is 16.4. The number of oxazole rings is 1. The van der Waals surface area contributed by atoms with Gasteiger partial charge in [-0.05, 0) is 97.2 Å². The average Bonchev–Trinajstić information content (AvgIpc) is 4.03. The first-order chi connectivity index (χ1) is 29.5. The third-order valence-corrected chi connectivity index (χ3v) is 12.1. The molecule has 61 heavy (non-hydrogen) atoms. The van der Waals surface area contributed by atoms with Gasteiger partial charge in [-0.25, -0.2) is 4.98 Å². The smallest absolute Gasteiger partial charge is 0.250 e. The number of amides is 6. The maximum Gasteiger partial charge on any atom is 0.250 e. The molecule has 5 aromatic rings. The van der Waals surface area contributed by atoms with E-state index in [-0.39, 0.29) is 59.4 Å². The number of benzene rings is 4. The van der Waals surface area contributed by atoms with E-state index in [0.717, 1.165) is 18.4 Å². The minimum absolute atomic E-state index is 0.0248. The van der Waals surface area contributed by atoms with E-state index < -0.39 is 24.2 Å². The summed E-state index contributed by atoms with van der Waals surface area (Å²) < 4.78 is 6.11. The second-order valence-corrected chi connectivity index (χ2v) is 16.4. The van der Waals surface area contributed by atoms with Crippen LogP contribution in [0.4, 0.5) is 11.4 Å². The van der Waals surface area contributed by atoms with Crippen LogP contribution in [0.25, 0.3) is 22.8 Å². The molecule has 310 valence electrons. The van der Waals surface area contributed by atoms with Crippen LogP contribution in [0.2, 0.25) is 0 Å². The summed E-state index contributed by atoms with van der Waals surface area (Å²) in [6.45, 7) is 2.75. The minimum atomic E-state index is -0.883. The van der Waals surface area contributed by atoms with E-state index in [1.54, 1.807) is 76.7 Å². The molecule has 6 amide bonds. The monoisotopic (exact) mass is 819 g/mol. The standard InChI is InChI=1S/C47H45N7O7/c1-26(55)49-41(29-9-5-3-6-10-29)46(59)53-36-21-32(36)23-38(53)43(57)51-34-17-13-28(14-18-34)40-25-48-45(61-40)31-15-19-35(20-16-31)52-44(58)39-24-33-22-37(33)54(39)47(60)42(50-27(2)56)30-11-7-4-8-12-30/h3-20,25,32-33,36-39,41-42H,21-24H2,1-2H3,(H,49,55)(H,50,56)(H,51,57)(H,52,58)/t32?,33?,36?,37?,38?,39?,41-,42-/m1/s1. The third-order valence-electron chi connectivity index (χ3n) is 12.1. The molecule has 9 rings (SSSR count). The molecule has 4 aliphatic rings. The summed E-state index contributed by atoms with van der Waals surface area (Å²) in [5.41, 5.74) is 3.87. The van der Waals surface area contributed by atoms with Gasteiger partial charge in [-0.1, -0.05) is 60.7 Å². The maximum atomic E-state index is 13.9. The number of anilines is 2. The Hall–Kier alpha value is -7.09. The predicted molar refractivity (Wildman–Crippen MR) is 225 cm³/mol. The molecule has 8 atom stereocenters. The molecule has 1 aromatic heterocycles. The largest absolute Gasteiger partial charge is 0.436 e. The number of fused-ring (bicyclic) bond motifs is 2. The Balaban J connectivity index is 0.820. The van der Waals surface area contributed by atoms with Gasteiger partial charge in [0.2, 0.25) is 29.5 Å². The molecule has 0 radical (unpaired) electrons. The first kappa shape index (κ1) is 39.4. The van der Waals surface area contributed by atoms with Crippen molar-refractivity contribution in [3.63, 3.8) is 0 Å². The molecule has 4 aromatic carbocycles. The number of likely N-dealkylation sites (tertiary alicyclic amines) is 2. The molecule has 2 aliphatic carbocycles. The molecule has 6 unspecified atom stereocenters. The van der Waals surface area contributed by atoms with E-state index in [2.05, 4.69) is 26.3 Å². The fraction of sp³-hybridized carbons (Fsp3) is 0.298. The van der Waals surface area contributed by atoms with Crippen LogP contribution in [-0.2, 0) is 28.8 Å². The fourth-order valence-electron chi connectivity index (χ4n) is 8.99. The number of hydrogen-bond acceptors (Lipinski definition) is 8. The molecule has 4 fully saturated rings. The zero-order valence-corrected chi connectivity index (χ0v) is 33.6. The van der Waals surface area contributed by atoms with E-state index in [9.17, 15) is 28.8 Å². The van der Waals surface area contributed by atoms with E-state index in [0.29, 0.717) is 52.6 Å². The van der Waals surface area contributed by atoms with Gasteiger partial charge in [-0.3, -0.25) is 28.8 Å². The molecule has 4 N–H and O–H groups in total. The van der Waals surface area contributed by atoms with Crippen molar-refractivity contribution in [2.24, 2.45) is 11.8 Å². The van der Waals surface area contributed by atoms with Gasteiger partial charge < -0.3 is 35.5 Å². The van der Waals surface area contributed by atoms with Crippen LogP contribution in [0, 0.1) is 11.8 Å². The van der Waals surface area contributed by atoms with Crippen LogP contribution in [0.1, 0.15) is 62.7 Å². The summed E-state index contributed by atoms with van der Waals surface area (Å²) in [5.74, 6) is -0.405. The van der Waals surface area contributed by atoms with Crippen LogP contribution in [-0.4, -0.2) is 74.4 Å². The zero-order valence-electron chi connectivity index (χ0n) is 33.6. The fourth-order valence-corrected chi connectivity index (χ4v) is 8.99. The van der Waals surface area contributed by atoms with Gasteiger partial charge in [0.05, 0.1) is 6.20 Å². The third kappa shape index (κ3) is 8.13. The van der Waals surface area contributed by atoms with E-state index in [1.165, 1.54) is 13.8 Å². The Morgan fingerprint density at radius 1 is 0.574 bits per heavy atom. The second-order valence-electron chi connectivity index (χ2n) is 16.4. The molecular formula is C47H45N7O7. The number of carbonyl (C=O) groups is 6. The van der Waals surface area contributed by atoms with Crippen molar-refractivity contribution >= 4 is 46.8 Å². The molecule has 2 saturated carbocycles. The van der Waals surface area contributed by atoms with Crippen molar-refractivity contribution in [1.29, 1.82) is 0 Å². The van der Waals surface area contributed by atoms with Crippen LogP contribution in [0.3, 0.4) is 0 Å². The molecule has 14 heteroatoms. The summed E-state index contributed by atoms with van der Waals surface area (Å²) >= 11 is 0. The SMILES string of the molecule is CC(=O)N[C@@H](C(=O)N1C(C(=O)Nc2ccc(-c3cnc(-c4ccc(NC(=O)C5CC6CC6N5C(=O)[C@H](NC(C)=O)c5ccccc5)cc4)o3)cc2)CC2CC21)c1ccccc1. The Labute approximate surface area is 352 Å². The summed E-state index contributed by atoms with van der Waals surface area (Å²) in [7, 11) is 0. The quantitative estimate of drug-likeness (QED) is 0.125. The van der Waals surface area contributed by atoms with Crippen LogP contribution in [0.15, 0.2) is 120 Å². The number of nitrogens with one attached hydrogen (secondary N) is 4. The van der Waals surface area contributed by atoms with E-state index >= 15 is 0 Å². The molecule has 3 heterocycles. The van der Waals surface area contributed by atoms with Crippen molar-refractivity contribution in [2.75, 3.05) is 10.6 Å². The highest BCUT2D eigenvalue weighted by molar-refractivity contribution is 6.01.